The summed E-state index contributed by atoms with van der Waals surface area (Å²) in [5.74, 6) is 1.14. The van der Waals surface area contributed by atoms with Crippen LogP contribution in [0.5, 0.6) is 0 Å². The van der Waals surface area contributed by atoms with Crippen LogP contribution in [0.1, 0.15) is 45.1 Å². The molecule has 1 aromatic heterocycles. The standard InChI is InChI=1S/C15H25N3/c1-3-16-11-14-8-9-15(17-12-14)18-10-6-4-5-7-13(18)2/h8-9,12-13,16H,3-7,10-11H2,1-2H3. The van der Waals surface area contributed by atoms with Gasteiger partial charge in [-0.1, -0.05) is 25.8 Å². The highest BCUT2D eigenvalue weighted by Gasteiger charge is 2.17. The number of nitrogens with zero attached hydrogens (tertiary/aromatic N) is 2. The van der Waals surface area contributed by atoms with Crippen LogP contribution < -0.4 is 10.2 Å². The van der Waals surface area contributed by atoms with Gasteiger partial charge in [0.05, 0.1) is 0 Å². The second-order valence-corrected chi connectivity index (χ2v) is 5.20. The van der Waals surface area contributed by atoms with Gasteiger partial charge in [0.25, 0.3) is 0 Å². The van der Waals surface area contributed by atoms with E-state index in [2.05, 4.69) is 41.2 Å². The van der Waals surface area contributed by atoms with Crippen LogP contribution in [-0.4, -0.2) is 24.1 Å². The quantitative estimate of drug-likeness (QED) is 0.886. The highest BCUT2D eigenvalue weighted by Crippen LogP contribution is 2.22. The van der Waals surface area contributed by atoms with Crippen molar-refractivity contribution in [1.29, 1.82) is 0 Å². The molecular formula is C15H25N3. The molecule has 1 saturated heterocycles. The second-order valence-electron chi connectivity index (χ2n) is 5.20. The van der Waals surface area contributed by atoms with Crippen LogP contribution in [0, 0.1) is 0 Å². The summed E-state index contributed by atoms with van der Waals surface area (Å²) < 4.78 is 0. The monoisotopic (exact) mass is 247 g/mol. The molecule has 1 aromatic rings. The predicted octanol–water partition coefficient (Wildman–Crippen LogP) is 2.96. The van der Waals surface area contributed by atoms with Crippen LogP contribution in [0.25, 0.3) is 0 Å². The van der Waals surface area contributed by atoms with E-state index in [0.717, 1.165) is 25.5 Å². The topological polar surface area (TPSA) is 28.2 Å². The number of hydrogen-bond acceptors (Lipinski definition) is 3. The van der Waals surface area contributed by atoms with Crippen molar-refractivity contribution in [2.45, 2.75) is 52.1 Å². The molecule has 2 heterocycles. The van der Waals surface area contributed by atoms with Crippen LogP contribution in [0.3, 0.4) is 0 Å². The maximum Gasteiger partial charge on any atom is 0.128 e. The molecule has 0 spiro atoms. The summed E-state index contributed by atoms with van der Waals surface area (Å²) in [7, 11) is 0. The van der Waals surface area contributed by atoms with Crippen LogP contribution >= 0.6 is 0 Å². The fourth-order valence-electron chi connectivity index (χ4n) is 2.58. The van der Waals surface area contributed by atoms with Crippen molar-refractivity contribution in [3.05, 3.63) is 23.9 Å². The van der Waals surface area contributed by atoms with E-state index < -0.39 is 0 Å². The molecule has 0 radical (unpaired) electrons. The van der Waals surface area contributed by atoms with Gasteiger partial charge in [0.15, 0.2) is 0 Å². The normalized spacial score (nSPS) is 20.8. The van der Waals surface area contributed by atoms with E-state index >= 15 is 0 Å². The summed E-state index contributed by atoms with van der Waals surface area (Å²) in [4.78, 5) is 7.10. The minimum atomic E-state index is 0.625. The Balaban J connectivity index is 2.03. The molecule has 1 aliphatic heterocycles. The van der Waals surface area contributed by atoms with Gasteiger partial charge in [0, 0.05) is 25.3 Å². The van der Waals surface area contributed by atoms with Crippen LogP contribution in [0.15, 0.2) is 18.3 Å². The van der Waals surface area contributed by atoms with E-state index in [0.29, 0.717) is 6.04 Å². The Morgan fingerprint density at radius 2 is 2.22 bits per heavy atom. The predicted molar refractivity (Wildman–Crippen MR) is 76.9 cm³/mol. The van der Waals surface area contributed by atoms with Crippen molar-refractivity contribution in [1.82, 2.24) is 10.3 Å². The smallest absolute Gasteiger partial charge is 0.128 e. The number of hydrogen-bond donors (Lipinski definition) is 1. The lowest BCUT2D eigenvalue weighted by molar-refractivity contribution is 0.611. The van der Waals surface area contributed by atoms with Crippen molar-refractivity contribution >= 4 is 5.82 Å². The van der Waals surface area contributed by atoms with Gasteiger partial charge in [-0.2, -0.15) is 0 Å². The highest BCUT2D eigenvalue weighted by molar-refractivity contribution is 5.40. The van der Waals surface area contributed by atoms with Gasteiger partial charge >= 0.3 is 0 Å². The molecule has 0 aromatic carbocycles. The Morgan fingerprint density at radius 1 is 1.33 bits per heavy atom. The zero-order valence-electron chi connectivity index (χ0n) is 11.7. The molecule has 1 unspecified atom stereocenters. The molecule has 100 valence electrons. The summed E-state index contributed by atoms with van der Waals surface area (Å²) in [6.45, 7) is 7.52. The first-order chi connectivity index (χ1) is 8.81. The van der Waals surface area contributed by atoms with Gasteiger partial charge in [-0.15, -0.1) is 0 Å². The van der Waals surface area contributed by atoms with E-state index in [1.807, 2.05) is 6.20 Å². The lowest BCUT2D eigenvalue weighted by Crippen LogP contribution is -2.33. The minimum absolute atomic E-state index is 0.625. The zero-order valence-corrected chi connectivity index (χ0v) is 11.7. The van der Waals surface area contributed by atoms with Gasteiger partial charge in [0.2, 0.25) is 0 Å². The fourth-order valence-corrected chi connectivity index (χ4v) is 2.58. The summed E-state index contributed by atoms with van der Waals surface area (Å²) >= 11 is 0. The third kappa shape index (κ3) is 3.45. The third-order valence-electron chi connectivity index (χ3n) is 3.74. The molecule has 0 bridgehead atoms. The minimum Gasteiger partial charge on any atom is -0.354 e. The molecule has 3 nitrogen and oxygen atoms in total. The van der Waals surface area contributed by atoms with Gasteiger partial charge < -0.3 is 10.2 Å². The SMILES string of the molecule is CCNCc1ccc(N2CCCCCC2C)nc1. The van der Waals surface area contributed by atoms with Crippen molar-refractivity contribution in [2.75, 3.05) is 18.0 Å². The Bertz CT molecular complexity index is 347. The van der Waals surface area contributed by atoms with Gasteiger partial charge in [0.1, 0.15) is 5.82 Å². The molecule has 1 atom stereocenters. The summed E-state index contributed by atoms with van der Waals surface area (Å²) in [5, 5.41) is 3.33. The number of anilines is 1. The first-order valence-corrected chi connectivity index (χ1v) is 7.23. The molecule has 2 rings (SSSR count). The van der Waals surface area contributed by atoms with Crippen molar-refractivity contribution < 1.29 is 0 Å². The molecule has 0 amide bonds. The average molecular weight is 247 g/mol. The number of aromatic nitrogens is 1. The molecule has 0 aliphatic carbocycles. The van der Waals surface area contributed by atoms with Crippen molar-refractivity contribution in [2.24, 2.45) is 0 Å². The van der Waals surface area contributed by atoms with Gasteiger partial charge in [-0.3, -0.25) is 0 Å². The molecule has 3 heteroatoms. The number of pyridine rings is 1. The van der Waals surface area contributed by atoms with E-state index in [1.165, 1.54) is 31.2 Å². The molecular weight excluding hydrogens is 222 g/mol. The maximum atomic E-state index is 4.63. The molecule has 18 heavy (non-hydrogen) atoms. The Labute approximate surface area is 111 Å². The fraction of sp³-hybridized carbons (Fsp3) is 0.667. The third-order valence-corrected chi connectivity index (χ3v) is 3.74. The largest absolute Gasteiger partial charge is 0.354 e. The van der Waals surface area contributed by atoms with Crippen LogP contribution in [0.4, 0.5) is 5.82 Å². The number of rotatable bonds is 4. The average Bonchev–Trinajstić information content (AvgIpc) is 2.62. The molecule has 0 saturated carbocycles. The lowest BCUT2D eigenvalue weighted by Gasteiger charge is -2.28. The Morgan fingerprint density at radius 3 is 2.94 bits per heavy atom. The summed E-state index contributed by atoms with van der Waals surface area (Å²) in [5.41, 5.74) is 1.27. The van der Waals surface area contributed by atoms with E-state index in [4.69, 9.17) is 0 Å². The van der Waals surface area contributed by atoms with E-state index in [9.17, 15) is 0 Å². The Kier molecular flexibility index (Phi) is 5.00. The van der Waals surface area contributed by atoms with E-state index in [-0.39, 0.29) is 0 Å². The first-order valence-electron chi connectivity index (χ1n) is 7.23. The van der Waals surface area contributed by atoms with Crippen LogP contribution in [-0.2, 0) is 6.54 Å². The summed E-state index contributed by atoms with van der Waals surface area (Å²) in [6, 6.07) is 5.00. The lowest BCUT2D eigenvalue weighted by atomic mass is 10.1. The maximum absolute atomic E-state index is 4.63. The van der Waals surface area contributed by atoms with Gasteiger partial charge in [-0.25, -0.2) is 4.98 Å². The number of nitrogens with one attached hydrogen (secondary N) is 1. The van der Waals surface area contributed by atoms with Crippen LogP contribution in [0.2, 0.25) is 0 Å². The zero-order chi connectivity index (χ0) is 12.8. The van der Waals surface area contributed by atoms with Crippen molar-refractivity contribution in [3.63, 3.8) is 0 Å². The van der Waals surface area contributed by atoms with E-state index in [1.54, 1.807) is 0 Å². The highest BCUT2D eigenvalue weighted by atomic mass is 15.2. The second kappa shape index (κ2) is 6.74. The van der Waals surface area contributed by atoms with Gasteiger partial charge in [-0.05, 0) is 37.9 Å². The first kappa shape index (κ1) is 13.3. The van der Waals surface area contributed by atoms with Crippen molar-refractivity contribution in [3.8, 4) is 0 Å². The molecule has 1 N–H and O–H groups in total. The molecule has 1 aliphatic rings. The summed E-state index contributed by atoms with van der Waals surface area (Å²) in [6.07, 6.45) is 7.32. The Hall–Kier alpha value is -1.09. The molecule has 1 fully saturated rings.